The highest BCUT2D eigenvalue weighted by atomic mass is 35.5. The van der Waals surface area contributed by atoms with E-state index in [1.165, 1.54) is 38.5 Å². The van der Waals surface area contributed by atoms with Crippen LogP contribution in [0.15, 0.2) is 18.2 Å². The molecule has 0 spiro atoms. The maximum absolute atomic E-state index is 6.28. The minimum absolute atomic E-state index is 0.618. The molecule has 0 saturated heterocycles. The third-order valence-corrected chi connectivity index (χ3v) is 4.88. The predicted molar refractivity (Wildman–Crippen MR) is 85.5 cm³/mol. The van der Waals surface area contributed by atoms with Gasteiger partial charge in [-0.2, -0.15) is 0 Å². The number of benzene rings is 1. The van der Waals surface area contributed by atoms with Crippen LogP contribution >= 0.6 is 11.6 Å². The predicted octanol–water partition coefficient (Wildman–Crippen LogP) is 4.80. The SMILES string of the molecule is CCC1CCCC(NCc2c(Cl)cccc2OC)CC1. The van der Waals surface area contributed by atoms with Gasteiger partial charge >= 0.3 is 0 Å². The van der Waals surface area contributed by atoms with Gasteiger partial charge in [-0.25, -0.2) is 0 Å². The summed E-state index contributed by atoms with van der Waals surface area (Å²) in [6.07, 6.45) is 7.98. The second kappa shape index (κ2) is 7.90. The van der Waals surface area contributed by atoms with Gasteiger partial charge in [0.15, 0.2) is 0 Å². The lowest BCUT2D eigenvalue weighted by atomic mass is 9.98. The van der Waals surface area contributed by atoms with Gasteiger partial charge in [0.25, 0.3) is 0 Å². The quantitative estimate of drug-likeness (QED) is 0.788. The molecule has 1 aliphatic rings. The van der Waals surface area contributed by atoms with Crippen molar-refractivity contribution in [3.63, 3.8) is 0 Å². The summed E-state index contributed by atoms with van der Waals surface area (Å²) in [5, 5.41) is 4.46. The van der Waals surface area contributed by atoms with Crippen LogP contribution < -0.4 is 10.1 Å². The average Bonchev–Trinajstić information content (AvgIpc) is 2.70. The van der Waals surface area contributed by atoms with Crippen LogP contribution in [0.4, 0.5) is 0 Å². The standard InChI is InChI=1S/C17H26ClNO/c1-3-13-6-4-7-14(11-10-13)19-12-15-16(18)8-5-9-17(15)20-2/h5,8-9,13-14,19H,3-4,6-7,10-12H2,1-2H3. The molecule has 1 aromatic rings. The Balaban J connectivity index is 1.92. The molecule has 0 aromatic heterocycles. The topological polar surface area (TPSA) is 21.3 Å². The fourth-order valence-electron chi connectivity index (χ4n) is 3.14. The monoisotopic (exact) mass is 295 g/mol. The Morgan fingerprint density at radius 3 is 2.85 bits per heavy atom. The van der Waals surface area contributed by atoms with Crippen LogP contribution in [-0.4, -0.2) is 13.2 Å². The van der Waals surface area contributed by atoms with Crippen LogP contribution in [0.1, 0.15) is 51.0 Å². The van der Waals surface area contributed by atoms with Crippen molar-refractivity contribution >= 4 is 11.6 Å². The number of ether oxygens (including phenoxy) is 1. The van der Waals surface area contributed by atoms with Gasteiger partial charge in [-0.15, -0.1) is 0 Å². The minimum Gasteiger partial charge on any atom is -0.496 e. The van der Waals surface area contributed by atoms with Gasteiger partial charge in [-0.1, -0.05) is 43.9 Å². The minimum atomic E-state index is 0.618. The van der Waals surface area contributed by atoms with Gasteiger partial charge in [0.1, 0.15) is 5.75 Å². The fraction of sp³-hybridized carbons (Fsp3) is 0.647. The number of nitrogens with one attached hydrogen (secondary N) is 1. The molecule has 1 N–H and O–H groups in total. The molecule has 2 unspecified atom stereocenters. The first-order valence-corrected chi connectivity index (χ1v) is 8.17. The zero-order chi connectivity index (χ0) is 14.4. The first-order valence-electron chi connectivity index (χ1n) is 7.79. The molecule has 2 nitrogen and oxygen atoms in total. The van der Waals surface area contributed by atoms with Crippen molar-refractivity contribution in [1.29, 1.82) is 0 Å². The van der Waals surface area contributed by atoms with E-state index in [0.29, 0.717) is 6.04 Å². The Kier molecular flexibility index (Phi) is 6.18. The molecule has 2 atom stereocenters. The van der Waals surface area contributed by atoms with Gasteiger partial charge < -0.3 is 10.1 Å². The van der Waals surface area contributed by atoms with Gasteiger partial charge in [-0.05, 0) is 37.3 Å². The summed E-state index contributed by atoms with van der Waals surface area (Å²) in [5.74, 6) is 1.81. The highest BCUT2D eigenvalue weighted by molar-refractivity contribution is 6.31. The number of hydrogen-bond donors (Lipinski definition) is 1. The molecule has 3 heteroatoms. The molecule has 0 aliphatic heterocycles. The molecule has 0 amide bonds. The van der Waals surface area contributed by atoms with E-state index in [-0.39, 0.29) is 0 Å². The third-order valence-electron chi connectivity index (χ3n) is 4.53. The molecule has 112 valence electrons. The van der Waals surface area contributed by atoms with Crippen LogP contribution in [-0.2, 0) is 6.54 Å². The van der Waals surface area contributed by atoms with E-state index in [0.717, 1.165) is 28.8 Å². The van der Waals surface area contributed by atoms with Gasteiger partial charge in [0, 0.05) is 23.2 Å². The Labute approximate surface area is 127 Å². The molecule has 20 heavy (non-hydrogen) atoms. The fourth-order valence-corrected chi connectivity index (χ4v) is 3.37. The second-order valence-electron chi connectivity index (χ2n) is 5.78. The molecular formula is C17H26ClNO. The highest BCUT2D eigenvalue weighted by Crippen LogP contribution is 2.28. The van der Waals surface area contributed by atoms with Crippen molar-refractivity contribution in [2.75, 3.05) is 7.11 Å². The van der Waals surface area contributed by atoms with E-state index >= 15 is 0 Å². The smallest absolute Gasteiger partial charge is 0.124 e. The Morgan fingerprint density at radius 2 is 2.10 bits per heavy atom. The van der Waals surface area contributed by atoms with Gasteiger partial charge in [0.05, 0.1) is 7.11 Å². The van der Waals surface area contributed by atoms with Gasteiger partial charge in [0.2, 0.25) is 0 Å². The van der Waals surface area contributed by atoms with Crippen molar-refractivity contribution in [1.82, 2.24) is 5.32 Å². The third kappa shape index (κ3) is 4.13. The molecule has 1 aromatic carbocycles. The lowest BCUT2D eigenvalue weighted by Crippen LogP contribution is -2.28. The second-order valence-corrected chi connectivity index (χ2v) is 6.19. The largest absolute Gasteiger partial charge is 0.496 e. The van der Waals surface area contributed by atoms with Crippen molar-refractivity contribution in [3.8, 4) is 5.75 Å². The summed E-state index contributed by atoms with van der Waals surface area (Å²) < 4.78 is 5.40. The van der Waals surface area contributed by atoms with Crippen molar-refractivity contribution in [2.45, 2.75) is 58.0 Å². The van der Waals surface area contributed by atoms with Crippen molar-refractivity contribution in [2.24, 2.45) is 5.92 Å². The first-order chi connectivity index (χ1) is 9.74. The molecule has 0 heterocycles. The molecule has 2 rings (SSSR count). The maximum Gasteiger partial charge on any atom is 0.124 e. The zero-order valence-electron chi connectivity index (χ0n) is 12.6. The van der Waals surface area contributed by atoms with Crippen LogP contribution in [0.2, 0.25) is 5.02 Å². The van der Waals surface area contributed by atoms with E-state index in [1.54, 1.807) is 7.11 Å². The van der Waals surface area contributed by atoms with Gasteiger partial charge in [-0.3, -0.25) is 0 Å². The zero-order valence-corrected chi connectivity index (χ0v) is 13.4. The van der Waals surface area contributed by atoms with Crippen molar-refractivity contribution in [3.05, 3.63) is 28.8 Å². The Hall–Kier alpha value is -0.730. The number of rotatable bonds is 5. The molecule has 0 bridgehead atoms. The van der Waals surface area contributed by atoms with Crippen molar-refractivity contribution < 1.29 is 4.74 Å². The summed E-state index contributed by atoms with van der Waals surface area (Å²) in [4.78, 5) is 0. The van der Waals surface area contributed by atoms with E-state index in [9.17, 15) is 0 Å². The molecule has 0 radical (unpaired) electrons. The van der Waals surface area contributed by atoms with Crippen LogP contribution in [0.25, 0.3) is 0 Å². The summed E-state index contributed by atoms with van der Waals surface area (Å²) in [7, 11) is 1.70. The van der Waals surface area contributed by atoms with Crippen LogP contribution in [0, 0.1) is 5.92 Å². The first kappa shape index (κ1) is 15.7. The van der Waals surface area contributed by atoms with Crippen LogP contribution in [0.3, 0.4) is 0 Å². The maximum atomic E-state index is 6.28. The summed E-state index contributed by atoms with van der Waals surface area (Å²) >= 11 is 6.28. The average molecular weight is 296 g/mol. The van der Waals surface area contributed by atoms with E-state index in [1.807, 2.05) is 18.2 Å². The lowest BCUT2D eigenvalue weighted by molar-refractivity contribution is 0.398. The summed E-state index contributed by atoms with van der Waals surface area (Å²) in [6.45, 7) is 3.11. The number of halogens is 1. The number of hydrogen-bond acceptors (Lipinski definition) is 2. The number of methoxy groups -OCH3 is 1. The molecule has 1 aliphatic carbocycles. The summed E-state index contributed by atoms with van der Waals surface area (Å²) in [6, 6.07) is 6.46. The normalized spacial score (nSPS) is 23.4. The molecular weight excluding hydrogens is 270 g/mol. The highest BCUT2D eigenvalue weighted by Gasteiger charge is 2.18. The molecule has 1 fully saturated rings. The Bertz CT molecular complexity index is 421. The van der Waals surface area contributed by atoms with Crippen LogP contribution in [0.5, 0.6) is 5.75 Å². The Morgan fingerprint density at radius 1 is 1.25 bits per heavy atom. The molecule has 1 saturated carbocycles. The lowest BCUT2D eigenvalue weighted by Gasteiger charge is -2.18. The van der Waals surface area contributed by atoms with E-state index in [2.05, 4.69) is 12.2 Å². The van der Waals surface area contributed by atoms with E-state index in [4.69, 9.17) is 16.3 Å². The summed E-state index contributed by atoms with van der Waals surface area (Å²) in [5.41, 5.74) is 1.08. The van der Waals surface area contributed by atoms with E-state index < -0.39 is 0 Å².